The van der Waals surface area contributed by atoms with E-state index in [1.165, 1.54) is 5.56 Å². The normalized spacial score (nSPS) is 16.1. The van der Waals surface area contributed by atoms with Gasteiger partial charge in [0.2, 0.25) is 5.96 Å². The van der Waals surface area contributed by atoms with E-state index in [0.29, 0.717) is 12.2 Å². The van der Waals surface area contributed by atoms with Crippen LogP contribution in [0.15, 0.2) is 47.6 Å². The summed E-state index contributed by atoms with van der Waals surface area (Å²) in [7, 11) is 2.17. The number of hydrogen-bond donors (Lipinski definition) is 2. The third-order valence-corrected chi connectivity index (χ3v) is 4.83. The molecule has 30 heavy (non-hydrogen) atoms. The van der Waals surface area contributed by atoms with Crippen LogP contribution in [0.25, 0.3) is 0 Å². The molecule has 0 amide bonds. The van der Waals surface area contributed by atoms with Gasteiger partial charge in [0, 0.05) is 50.9 Å². The van der Waals surface area contributed by atoms with Gasteiger partial charge in [0.05, 0.1) is 11.4 Å². The number of carbonyl (C=O) groups is 2. The number of piperazine rings is 1. The molecule has 0 aliphatic carbocycles. The van der Waals surface area contributed by atoms with Gasteiger partial charge in [0.25, 0.3) is 0 Å². The third-order valence-electron chi connectivity index (χ3n) is 4.83. The van der Waals surface area contributed by atoms with Crippen molar-refractivity contribution in [2.45, 2.75) is 13.3 Å². The van der Waals surface area contributed by atoms with Gasteiger partial charge in [-0.3, -0.25) is 4.57 Å². The Morgan fingerprint density at radius 2 is 1.67 bits per heavy atom. The van der Waals surface area contributed by atoms with Crippen LogP contribution in [0.2, 0.25) is 0 Å². The molecule has 0 unspecified atom stereocenters. The first-order valence-electron chi connectivity index (χ1n) is 9.62. The van der Waals surface area contributed by atoms with Gasteiger partial charge in [-0.2, -0.15) is 0 Å². The van der Waals surface area contributed by atoms with Crippen LogP contribution in [0.4, 0.5) is 5.69 Å². The Labute approximate surface area is 174 Å². The largest absolute Gasteiger partial charge is 0.478 e. The molecule has 3 heterocycles. The number of imidazole rings is 1. The fourth-order valence-corrected chi connectivity index (χ4v) is 3.32. The molecule has 1 fully saturated rings. The zero-order valence-electron chi connectivity index (χ0n) is 17.0. The molecular weight excluding hydrogens is 386 g/mol. The minimum Gasteiger partial charge on any atom is -0.478 e. The van der Waals surface area contributed by atoms with Crippen molar-refractivity contribution in [1.82, 2.24) is 19.4 Å². The molecule has 2 aromatic rings. The van der Waals surface area contributed by atoms with Gasteiger partial charge in [0.1, 0.15) is 5.82 Å². The molecule has 1 saturated heterocycles. The first kappa shape index (κ1) is 21.3. The number of likely N-dealkylation sites (N-methyl/N-ethyl adjacent to an activating group) is 1. The first-order valence-corrected chi connectivity index (χ1v) is 9.62. The monoisotopic (exact) mass is 411 g/mol. The number of aliphatic imine (C=N–C) groups is 1. The van der Waals surface area contributed by atoms with Crippen molar-refractivity contribution in [3.63, 3.8) is 0 Å². The molecule has 1 aromatic carbocycles. The molecule has 158 valence electrons. The maximum atomic E-state index is 9.55. The van der Waals surface area contributed by atoms with Gasteiger partial charge in [0.15, 0.2) is 0 Å². The Morgan fingerprint density at radius 1 is 1.03 bits per heavy atom. The smallest absolute Gasteiger partial charge is 0.328 e. The number of fused-ring (bicyclic) bond motifs is 2. The van der Waals surface area contributed by atoms with Crippen LogP contribution in [-0.2, 0) is 16.0 Å². The Hall–Kier alpha value is -3.46. The molecule has 2 aliphatic heterocycles. The van der Waals surface area contributed by atoms with Crippen LogP contribution in [0.1, 0.15) is 17.1 Å². The number of aryl methyl sites for hydroxylation is 1. The molecule has 4 rings (SSSR count). The number of nitrogens with zero attached hydrogens (tertiary/aromatic N) is 5. The number of aliphatic carboxylic acids is 2. The van der Waals surface area contributed by atoms with Crippen LogP contribution in [0.5, 0.6) is 0 Å². The Morgan fingerprint density at radius 3 is 2.30 bits per heavy atom. The fourth-order valence-electron chi connectivity index (χ4n) is 3.32. The van der Waals surface area contributed by atoms with Crippen molar-refractivity contribution in [2.24, 2.45) is 4.99 Å². The molecule has 9 nitrogen and oxygen atoms in total. The Kier molecular flexibility index (Phi) is 6.63. The average Bonchev–Trinajstić information content (AvgIpc) is 2.99. The number of rotatable bonds is 2. The van der Waals surface area contributed by atoms with Gasteiger partial charge < -0.3 is 20.0 Å². The second-order valence-electron chi connectivity index (χ2n) is 7.19. The van der Waals surface area contributed by atoms with Crippen LogP contribution in [0, 0.1) is 6.92 Å². The molecule has 0 saturated carbocycles. The molecule has 0 atom stereocenters. The quantitative estimate of drug-likeness (QED) is 0.722. The van der Waals surface area contributed by atoms with Gasteiger partial charge in [-0.15, -0.1) is 0 Å². The summed E-state index contributed by atoms with van der Waals surface area (Å²) in [4.78, 5) is 33.6. The predicted molar refractivity (Wildman–Crippen MR) is 112 cm³/mol. The number of benzene rings is 1. The lowest BCUT2D eigenvalue weighted by Gasteiger charge is -2.34. The van der Waals surface area contributed by atoms with Crippen LogP contribution in [0.3, 0.4) is 0 Å². The lowest BCUT2D eigenvalue weighted by Crippen LogP contribution is -2.49. The Balaban J connectivity index is 0.000000275. The van der Waals surface area contributed by atoms with Gasteiger partial charge >= 0.3 is 11.9 Å². The zero-order chi connectivity index (χ0) is 21.7. The number of hydrogen-bond acceptors (Lipinski definition) is 6. The van der Waals surface area contributed by atoms with E-state index in [1.54, 1.807) is 0 Å². The van der Waals surface area contributed by atoms with E-state index in [0.717, 1.165) is 55.8 Å². The van der Waals surface area contributed by atoms with Crippen LogP contribution < -0.4 is 0 Å². The summed E-state index contributed by atoms with van der Waals surface area (Å²) in [5.74, 6) is -0.409. The van der Waals surface area contributed by atoms with E-state index >= 15 is 0 Å². The van der Waals surface area contributed by atoms with E-state index in [4.69, 9.17) is 20.2 Å². The zero-order valence-corrected chi connectivity index (χ0v) is 17.0. The van der Waals surface area contributed by atoms with Gasteiger partial charge in [-0.25, -0.2) is 19.6 Å². The van der Waals surface area contributed by atoms with Crippen molar-refractivity contribution in [3.8, 4) is 0 Å². The van der Waals surface area contributed by atoms with Crippen molar-refractivity contribution < 1.29 is 19.8 Å². The van der Waals surface area contributed by atoms with Crippen LogP contribution >= 0.6 is 0 Å². The first-order chi connectivity index (χ1) is 14.3. The van der Waals surface area contributed by atoms with Gasteiger partial charge in [-0.05, 0) is 25.6 Å². The van der Waals surface area contributed by atoms with Crippen molar-refractivity contribution in [2.75, 3.05) is 33.2 Å². The van der Waals surface area contributed by atoms with Crippen LogP contribution in [-0.4, -0.2) is 80.7 Å². The second-order valence-corrected chi connectivity index (χ2v) is 7.19. The Bertz CT molecular complexity index is 971. The maximum Gasteiger partial charge on any atom is 0.328 e. The summed E-state index contributed by atoms with van der Waals surface area (Å²) in [6, 6.07) is 8.39. The van der Waals surface area contributed by atoms with E-state index in [2.05, 4.69) is 58.8 Å². The van der Waals surface area contributed by atoms with Crippen molar-refractivity contribution >= 4 is 23.6 Å². The third kappa shape index (κ3) is 5.32. The topological polar surface area (TPSA) is 111 Å². The molecule has 2 N–H and O–H groups in total. The van der Waals surface area contributed by atoms with E-state index in [9.17, 15) is 9.59 Å². The predicted octanol–water partition coefficient (Wildman–Crippen LogP) is 1.59. The van der Waals surface area contributed by atoms with Crippen molar-refractivity contribution in [3.05, 3.63) is 59.7 Å². The molecule has 1 aromatic heterocycles. The SMILES string of the molecule is Cc1cn2c(n1)Cc1ccccc1N=C2N1CCN(C)CC1.O=C(O)/C=C\C(=O)O. The number of para-hydroxylation sites is 1. The van der Waals surface area contributed by atoms with Gasteiger partial charge in [-0.1, -0.05) is 18.2 Å². The lowest BCUT2D eigenvalue weighted by molar-refractivity contribution is -0.134. The molecular formula is C21H25N5O4. The second kappa shape index (κ2) is 9.36. The average molecular weight is 411 g/mol. The minimum atomic E-state index is -1.26. The molecule has 0 radical (unpaired) electrons. The van der Waals surface area contributed by atoms with Crippen molar-refractivity contribution in [1.29, 1.82) is 0 Å². The number of aromatic nitrogens is 2. The highest BCUT2D eigenvalue weighted by atomic mass is 16.4. The summed E-state index contributed by atoms with van der Waals surface area (Å²) < 4.78 is 2.18. The summed E-state index contributed by atoms with van der Waals surface area (Å²) in [6.07, 6.45) is 4.06. The summed E-state index contributed by atoms with van der Waals surface area (Å²) in [5.41, 5.74) is 3.37. The van der Waals surface area contributed by atoms with E-state index in [1.807, 2.05) is 0 Å². The highest BCUT2D eigenvalue weighted by Crippen LogP contribution is 2.26. The van der Waals surface area contributed by atoms with E-state index in [-0.39, 0.29) is 0 Å². The highest BCUT2D eigenvalue weighted by molar-refractivity contribution is 5.89. The number of carboxylic acids is 2. The summed E-state index contributed by atoms with van der Waals surface area (Å²) >= 11 is 0. The lowest BCUT2D eigenvalue weighted by atomic mass is 10.1. The maximum absolute atomic E-state index is 9.55. The highest BCUT2D eigenvalue weighted by Gasteiger charge is 2.24. The minimum absolute atomic E-state index is 0.558. The summed E-state index contributed by atoms with van der Waals surface area (Å²) in [6.45, 7) is 6.21. The fraction of sp³-hybridized carbons (Fsp3) is 0.333. The standard InChI is InChI=1S/C17H21N5.C4H4O4/c1-13-12-22-16(18-13)11-14-5-3-4-6-15(14)19-17(22)21-9-7-20(2)8-10-21;5-3(6)1-2-4(7)8/h3-6,12H,7-11H2,1-2H3;1-2H,(H,5,6)(H,7,8)/b;2-1-. The number of carboxylic acid groups (broad SMARTS) is 2. The molecule has 0 bridgehead atoms. The molecule has 2 aliphatic rings. The van der Waals surface area contributed by atoms with E-state index < -0.39 is 11.9 Å². The molecule has 9 heteroatoms. The summed E-state index contributed by atoms with van der Waals surface area (Å²) in [5, 5.41) is 15.6. The molecule has 0 spiro atoms.